The molecule has 0 amide bonds. The van der Waals surface area contributed by atoms with Crippen LogP contribution in [0.3, 0.4) is 0 Å². The zero-order valence-corrected chi connectivity index (χ0v) is 26.7. The van der Waals surface area contributed by atoms with Crippen LogP contribution >= 0.6 is 19.8 Å². The van der Waals surface area contributed by atoms with Gasteiger partial charge in [-0.25, -0.2) is 0 Å². The number of nitrogens with one attached hydrogen (secondary N) is 1. The molecule has 43 heavy (non-hydrogen) atoms. The molecule has 0 fully saturated rings. The highest BCUT2D eigenvalue weighted by Crippen LogP contribution is 2.41. The SMILES string of the molecule is CCC.O=CO.[N-]=[N+]=NP(Cc1ccc(C2=CCCC=C2)cc1)c1ccc(C2=CSC(CCCc3ccccc3)N2)cc1. The zero-order valence-electron chi connectivity index (χ0n) is 25.0. The molecule has 2 unspecified atom stereocenters. The van der Waals surface area contributed by atoms with Gasteiger partial charge in [0.05, 0.1) is 5.37 Å². The van der Waals surface area contributed by atoms with E-state index >= 15 is 0 Å². The predicted octanol–water partition coefficient (Wildman–Crippen LogP) is 10.1. The summed E-state index contributed by atoms with van der Waals surface area (Å²) in [5, 5.41) is 14.3. The number of thioether (sulfide) groups is 1. The molecule has 0 spiro atoms. The Morgan fingerprint density at radius 3 is 2.30 bits per heavy atom. The quantitative estimate of drug-likeness (QED) is 0.0782. The molecule has 5 rings (SSSR count). The minimum Gasteiger partial charge on any atom is -0.483 e. The van der Waals surface area contributed by atoms with E-state index in [0.29, 0.717) is 5.37 Å². The molecule has 3 aromatic carbocycles. The zero-order chi connectivity index (χ0) is 30.7. The molecule has 1 aliphatic heterocycles. The molecule has 8 heteroatoms. The van der Waals surface area contributed by atoms with Gasteiger partial charge in [0, 0.05) is 24.8 Å². The van der Waals surface area contributed by atoms with Crippen LogP contribution in [0.2, 0.25) is 0 Å². The Hall–Kier alpha value is -3.76. The fourth-order valence-corrected chi connectivity index (χ4v) is 7.16. The van der Waals surface area contributed by atoms with Crippen molar-refractivity contribution in [1.82, 2.24) is 5.32 Å². The summed E-state index contributed by atoms with van der Waals surface area (Å²) in [7, 11) is -0.985. The Bertz CT molecular complexity index is 1400. The van der Waals surface area contributed by atoms with Gasteiger partial charge in [-0.1, -0.05) is 122 Å². The van der Waals surface area contributed by atoms with Crippen molar-refractivity contribution in [3.63, 3.8) is 0 Å². The maximum Gasteiger partial charge on any atom is 0.290 e. The second kappa shape index (κ2) is 19.4. The number of carboxylic acid groups (broad SMARTS) is 1. The fraction of sp³-hybridized carbons (Fsp3) is 0.286. The number of carbonyl (C=O) groups is 1. The van der Waals surface area contributed by atoms with Gasteiger partial charge in [-0.3, -0.25) is 4.79 Å². The first kappa shape index (κ1) is 33.7. The lowest BCUT2D eigenvalue weighted by atomic mass is 9.99. The lowest BCUT2D eigenvalue weighted by molar-refractivity contribution is -0.122. The minimum absolute atomic E-state index is 0.250. The van der Waals surface area contributed by atoms with E-state index in [1.54, 1.807) is 0 Å². The van der Waals surface area contributed by atoms with Crippen LogP contribution in [0.25, 0.3) is 21.7 Å². The normalized spacial score (nSPS) is 15.6. The van der Waals surface area contributed by atoms with Crippen molar-refractivity contribution in [2.75, 3.05) is 0 Å². The van der Waals surface area contributed by atoms with Crippen molar-refractivity contribution < 1.29 is 9.90 Å². The summed E-state index contributed by atoms with van der Waals surface area (Å²) in [6.07, 6.45) is 14.4. The summed E-state index contributed by atoms with van der Waals surface area (Å²) in [6, 6.07) is 27.9. The summed E-state index contributed by atoms with van der Waals surface area (Å²) in [5.41, 5.74) is 16.7. The second-order valence-electron chi connectivity index (χ2n) is 10.1. The first-order valence-corrected chi connectivity index (χ1v) is 17.2. The van der Waals surface area contributed by atoms with Crippen molar-refractivity contribution >= 4 is 42.9 Å². The van der Waals surface area contributed by atoms with E-state index in [0.717, 1.165) is 37.1 Å². The molecule has 0 radical (unpaired) electrons. The lowest BCUT2D eigenvalue weighted by Gasteiger charge is -2.15. The standard InChI is InChI=1S/C31H31N4PS.C3H8.CH2O2/c32-34-35-36(22-25-14-16-27(17-15-25)26-11-5-2-6-12-26)29-20-18-28(19-21-29)30-23-37-31(33-30)13-7-10-24-8-3-1-4-9-24;1-3-2;2-1-3/h1,3-5,8-9,11-12,14-21,23,31,33H,2,6-7,10,13,22H2;3H2,1-2H3;1H,(H,2,3). The molecular weight excluding hydrogens is 571 g/mol. The van der Waals surface area contributed by atoms with Crippen LogP contribution in [0, 0.1) is 0 Å². The van der Waals surface area contributed by atoms with Crippen molar-refractivity contribution in [3.05, 3.63) is 135 Å². The molecule has 2 atom stereocenters. The number of allylic oxidation sites excluding steroid dienone is 4. The summed E-state index contributed by atoms with van der Waals surface area (Å²) < 4.78 is 0. The van der Waals surface area contributed by atoms with Gasteiger partial charge in [-0.2, -0.15) is 0 Å². The third-order valence-corrected chi connectivity index (χ3v) is 9.59. The largest absolute Gasteiger partial charge is 0.483 e. The maximum atomic E-state index is 9.23. The molecule has 0 aromatic heterocycles. The van der Waals surface area contributed by atoms with Crippen LogP contribution in [0.4, 0.5) is 0 Å². The van der Waals surface area contributed by atoms with Crippen molar-refractivity contribution in [1.29, 1.82) is 0 Å². The fourth-order valence-electron chi connectivity index (χ4n) is 4.66. The number of hydrogen-bond donors (Lipinski definition) is 2. The van der Waals surface area contributed by atoms with Crippen LogP contribution in [-0.4, -0.2) is 17.0 Å². The van der Waals surface area contributed by atoms with E-state index in [2.05, 4.69) is 131 Å². The average molecular weight is 613 g/mol. The molecule has 1 aliphatic carbocycles. The van der Waals surface area contributed by atoms with Gasteiger partial charge in [0.2, 0.25) is 0 Å². The average Bonchev–Trinajstić information content (AvgIpc) is 3.52. The number of azide groups is 1. The Balaban J connectivity index is 0.000000780. The van der Waals surface area contributed by atoms with E-state index in [1.165, 1.54) is 46.4 Å². The predicted molar refractivity (Wildman–Crippen MR) is 185 cm³/mol. The topological polar surface area (TPSA) is 98.1 Å². The monoisotopic (exact) mass is 612 g/mol. The summed E-state index contributed by atoms with van der Waals surface area (Å²) in [5.74, 6) is 0. The molecule has 0 bridgehead atoms. The number of aryl methyl sites for hydroxylation is 1. The number of benzene rings is 3. The number of nitrogens with zero attached hydrogens (tertiary/aromatic N) is 3. The molecule has 0 saturated heterocycles. The van der Waals surface area contributed by atoms with Gasteiger partial charge in [0.25, 0.3) is 6.47 Å². The van der Waals surface area contributed by atoms with E-state index in [9.17, 15) is 5.53 Å². The van der Waals surface area contributed by atoms with Gasteiger partial charge in [-0.05, 0) is 76.2 Å². The maximum absolute atomic E-state index is 9.23. The van der Waals surface area contributed by atoms with E-state index in [-0.39, 0.29) is 6.47 Å². The molecule has 3 aromatic rings. The first-order chi connectivity index (χ1) is 21.1. The van der Waals surface area contributed by atoms with Crippen LogP contribution in [0.5, 0.6) is 0 Å². The summed E-state index contributed by atoms with van der Waals surface area (Å²) in [6.45, 7) is 4.00. The van der Waals surface area contributed by atoms with E-state index < -0.39 is 8.07 Å². The third-order valence-electron chi connectivity index (χ3n) is 6.68. The van der Waals surface area contributed by atoms with Crippen molar-refractivity contribution in [2.24, 2.45) is 4.88 Å². The molecule has 2 aliphatic rings. The summed E-state index contributed by atoms with van der Waals surface area (Å²) in [4.78, 5) is 15.7. The van der Waals surface area contributed by atoms with Gasteiger partial charge >= 0.3 is 0 Å². The van der Waals surface area contributed by atoms with Crippen LogP contribution in [0.15, 0.2) is 107 Å². The van der Waals surface area contributed by atoms with Crippen molar-refractivity contribution in [2.45, 2.75) is 63.9 Å². The Morgan fingerprint density at radius 1 is 1.00 bits per heavy atom. The van der Waals surface area contributed by atoms with Crippen LogP contribution in [-0.2, 0) is 17.4 Å². The van der Waals surface area contributed by atoms with Gasteiger partial charge in [0.1, 0.15) is 0 Å². The van der Waals surface area contributed by atoms with Crippen molar-refractivity contribution in [3.8, 4) is 0 Å². The molecular formula is C35H41N4O2PS. The lowest BCUT2D eigenvalue weighted by Crippen LogP contribution is -2.19. The van der Waals surface area contributed by atoms with Gasteiger partial charge in [0.15, 0.2) is 0 Å². The van der Waals surface area contributed by atoms with E-state index in [1.807, 2.05) is 11.8 Å². The Kier molecular flexibility index (Phi) is 15.2. The first-order valence-electron chi connectivity index (χ1n) is 14.7. The molecule has 1 heterocycles. The minimum atomic E-state index is -0.985. The highest BCUT2D eigenvalue weighted by Gasteiger charge is 2.18. The highest BCUT2D eigenvalue weighted by atomic mass is 32.2. The molecule has 0 saturated carbocycles. The van der Waals surface area contributed by atoms with Crippen LogP contribution in [0.1, 0.15) is 68.2 Å². The van der Waals surface area contributed by atoms with Gasteiger partial charge in [-0.15, -0.1) is 11.8 Å². The summed E-state index contributed by atoms with van der Waals surface area (Å²) >= 11 is 1.87. The van der Waals surface area contributed by atoms with E-state index in [4.69, 9.17) is 9.90 Å². The molecule has 6 nitrogen and oxygen atoms in total. The molecule has 2 N–H and O–H groups in total. The Morgan fingerprint density at radius 2 is 1.67 bits per heavy atom. The van der Waals surface area contributed by atoms with Crippen LogP contribution < -0.4 is 10.6 Å². The second-order valence-corrected chi connectivity index (χ2v) is 13.0. The third kappa shape index (κ3) is 11.4. The smallest absolute Gasteiger partial charge is 0.290 e. The number of hydrogen-bond acceptors (Lipinski definition) is 4. The van der Waals surface area contributed by atoms with Gasteiger partial charge < -0.3 is 10.4 Å². The highest BCUT2D eigenvalue weighted by molar-refractivity contribution is 8.03. The number of rotatable bonds is 10. The Labute approximate surface area is 261 Å². The molecule has 224 valence electrons.